The Morgan fingerprint density at radius 2 is 1.76 bits per heavy atom. The van der Waals surface area contributed by atoms with Crippen LogP contribution in [0.15, 0.2) is 42.5 Å². The van der Waals surface area contributed by atoms with Gasteiger partial charge < -0.3 is 15.5 Å². The Morgan fingerprint density at radius 3 is 2.48 bits per heavy atom. The fourth-order valence-electron chi connectivity index (χ4n) is 3.39. The number of piperidine rings is 1. The Morgan fingerprint density at radius 1 is 1.00 bits per heavy atom. The van der Waals surface area contributed by atoms with E-state index < -0.39 is 0 Å². The molecule has 1 aliphatic heterocycles. The SMILES string of the molecule is Cc1cc(Nc2cc(NC3CCN(C)CC3)nc(C=Cc3ccccc3)n2)n[nH]1. The van der Waals surface area contributed by atoms with Gasteiger partial charge in [-0.15, -0.1) is 0 Å². The molecule has 0 unspecified atom stereocenters. The second-order valence-corrected chi connectivity index (χ2v) is 7.52. The molecule has 0 atom stereocenters. The predicted molar refractivity (Wildman–Crippen MR) is 118 cm³/mol. The summed E-state index contributed by atoms with van der Waals surface area (Å²) in [5.74, 6) is 2.94. The number of benzene rings is 1. The van der Waals surface area contributed by atoms with Crippen LogP contribution in [0.1, 0.15) is 29.9 Å². The van der Waals surface area contributed by atoms with Crippen LogP contribution in [0.5, 0.6) is 0 Å². The average molecular weight is 390 g/mol. The normalized spacial score (nSPS) is 15.7. The molecule has 1 saturated heterocycles. The maximum atomic E-state index is 4.72. The second kappa shape index (κ2) is 8.87. The zero-order valence-corrected chi connectivity index (χ0v) is 16.9. The largest absolute Gasteiger partial charge is 0.367 e. The number of H-pyrrole nitrogens is 1. The van der Waals surface area contributed by atoms with E-state index in [1.54, 1.807) is 0 Å². The van der Waals surface area contributed by atoms with Crippen molar-refractivity contribution >= 4 is 29.6 Å². The van der Waals surface area contributed by atoms with Gasteiger partial charge in [-0.2, -0.15) is 5.10 Å². The third-order valence-corrected chi connectivity index (χ3v) is 5.00. The summed E-state index contributed by atoms with van der Waals surface area (Å²) in [5, 5.41) is 14.1. The lowest BCUT2D eigenvalue weighted by molar-refractivity contribution is 0.263. The summed E-state index contributed by atoms with van der Waals surface area (Å²) in [6, 6.07) is 14.5. The number of nitrogens with zero attached hydrogens (tertiary/aromatic N) is 4. The van der Waals surface area contributed by atoms with E-state index in [-0.39, 0.29) is 0 Å². The van der Waals surface area contributed by atoms with Crippen LogP contribution in [0, 0.1) is 6.92 Å². The Balaban J connectivity index is 1.57. The molecule has 2 aromatic heterocycles. The number of likely N-dealkylation sites (tertiary alicyclic amines) is 1. The molecule has 0 aliphatic carbocycles. The number of hydrogen-bond donors (Lipinski definition) is 3. The minimum absolute atomic E-state index is 0.424. The van der Waals surface area contributed by atoms with Crippen LogP contribution in [-0.4, -0.2) is 51.2 Å². The zero-order valence-electron chi connectivity index (χ0n) is 16.9. The van der Waals surface area contributed by atoms with Gasteiger partial charge in [0.2, 0.25) is 0 Å². The predicted octanol–water partition coefficient (Wildman–Crippen LogP) is 3.93. The van der Waals surface area contributed by atoms with Gasteiger partial charge in [-0.1, -0.05) is 36.4 Å². The maximum absolute atomic E-state index is 4.72. The van der Waals surface area contributed by atoms with Gasteiger partial charge in [0.15, 0.2) is 11.6 Å². The Kier molecular flexibility index (Phi) is 5.86. The first-order chi connectivity index (χ1) is 14.1. The summed E-state index contributed by atoms with van der Waals surface area (Å²) in [6.07, 6.45) is 6.18. The molecule has 1 aliphatic rings. The topological polar surface area (TPSA) is 81.8 Å². The summed E-state index contributed by atoms with van der Waals surface area (Å²) < 4.78 is 0. The van der Waals surface area contributed by atoms with Crippen LogP contribution < -0.4 is 10.6 Å². The van der Waals surface area contributed by atoms with Crippen molar-refractivity contribution in [3.8, 4) is 0 Å². The molecule has 29 heavy (non-hydrogen) atoms. The molecule has 0 spiro atoms. The van der Waals surface area contributed by atoms with E-state index in [1.165, 1.54) is 0 Å². The van der Waals surface area contributed by atoms with Gasteiger partial charge in [0.1, 0.15) is 11.6 Å². The molecule has 1 fully saturated rings. The second-order valence-electron chi connectivity index (χ2n) is 7.52. The highest BCUT2D eigenvalue weighted by Gasteiger charge is 2.17. The minimum atomic E-state index is 0.424. The molecular formula is C22H27N7. The lowest BCUT2D eigenvalue weighted by atomic mass is 10.1. The number of rotatable bonds is 6. The van der Waals surface area contributed by atoms with E-state index in [4.69, 9.17) is 4.98 Å². The first-order valence-electron chi connectivity index (χ1n) is 10.0. The molecule has 7 heteroatoms. The van der Waals surface area contributed by atoms with Gasteiger partial charge in [0.05, 0.1) is 0 Å². The van der Waals surface area contributed by atoms with Gasteiger partial charge >= 0.3 is 0 Å². The van der Waals surface area contributed by atoms with Gasteiger partial charge in [0.25, 0.3) is 0 Å². The van der Waals surface area contributed by atoms with Crippen molar-refractivity contribution in [1.29, 1.82) is 0 Å². The molecule has 3 aromatic rings. The van der Waals surface area contributed by atoms with E-state index in [9.17, 15) is 0 Å². The van der Waals surface area contributed by atoms with Crippen LogP contribution in [0.3, 0.4) is 0 Å². The van der Waals surface area contributed by atoms with E-state index in [1.807, 2.05) is 49.4 Å². The number of aromatic nitrogens is 4. The molecule has 7 nitrogen and oxygen atoms in total. The molecule has 1 aromatic carbocycles. The van der Waals surface area contributed by atoms with Gasteiger partial charge in [0, 0.05) is 23.9 Å². The maximum Gasteiger partial charge on any atom is 0.156 e. The van der Waals surface area contributed by atoms with E-state index in [2.05, 4.69) is 49.9 Å². The standard InChI is InChI=1S/C22H27N7/c1-16-14-22(28-27-16)26-21-15-20(23-18-10-12-29(2)13-11-18)24-19(25-21)9-8-17-6-4-3-5-7-17/h3-9,14-15,18H,10-13H2,1-2H3,(H3,23,24,25,26,27,28). The lowest BCUT2D eigenvalue weighted by Crippen LogP contribution is -2.36. The number of hydrogen-bond acceptors (Lipinski definition) is 6. The van der Waals surface area contributed by atoms with E-state index in [0.717, 1.165) is 54.6 Å². The first-order valence-corrected chi connectivity index (χ1v) is 10.0. The van der Waals surface area contributed by atoms with Crippen molar-refractivity contribution in [1.82, 2.24) is 25.1 Å². The monoisotopic (exact) mass is 389 g/mol. The third kappa shape index (κ3) is 5.42. The highest BCUT2D eigenvalue weighted by molar-refractivity contribution is 5.68. The van der Waals surface area contributed by atoms with E-state index in [0.29, 0.717) is 11.9 Å². The Labute approximate surface area is 171 Å². The number of anilines is 3. The highest BCUT2D eigenvalue weighted by Crippen LogP contribution is 2.20. The van der Waals surface area contributed by atoms with Crippen molar-refractivity contribution in [3.05, 3.63) is 59.5 Å². The van der Waals surface area contributed by atoms with Gasteiger partial charge in [-0.3, -0.25) is 5.10 Å². The molecular weight excluding hydrogens is 362 g/mol. The van der Waals surface area contributed by atoms with Crippen molar-refractivity contribution in [2.24, 2.45) is 0 Å². The molecule has 4 rings (SSSR count). The molecule has 0 radical (unpaired) electrons. The van der Waals surface area contributed by atoms with Crippen LogP contribution >= 0.6 is 0 Å². The van der Waals surface area contributed by atoms with Crippen molar-refractivity contribution in [2.45, 2.75) is 25.8 Å². The number of aryl methyl sites for hydroxylation is 1. The molecule has 150 valence electrons. The fraction of sp³-hybridized carbons (Fsp3) is 0.318. The third-order valence-electron chi connectivity index (χ3n) is 5.00. The summed E-state index contributed by atoms with van der Waals surface area (Å²) in [4.78, 5) is 11.7. The summed E-state index contributed by atoms with van der Waals surface area (Å²) in [7, 11) is 2.17. The Bertz CT molecular complexity index is 956. The van der Waals surface area contributed by atoms with Gasteiger partial charge in [-0.05, 0) is 51.5 Å². The molecule has 3 N–H and O–H groups in total. The summed E-state index contributed by atoms with van der Waals surface area (Å²) >= 11 is 0. The van der Waals surface area contributed by atoms with Crippen molar-refractivity contribution < 1.29 is 0 Å². The highest BCUT2D eigenvalue weighted by atomic mass is 15.2. The summed E-state index contributed by atoms with van der Waals surface area (Å²) in [5.41, 5.74) is 2.11. The number of nitrogens with one attached hydrogen (secondary N) is 3. The number of aromatic amines is 1. The average Bonchev–Trinajstić information content (AvgIpc) is 3.13. The smallest absolute Gasteiger partial charge is 0.156 e. The molecule has 0 bridgehead atoms. The molecule has 0 saturated carbocycles. The molecule has 3 heterocycles. The lowest BCUT2D eigenvalue weighted by Gasteiger charge is -2.29. The van der Waals surface area contributed by atoms with Crippen LogP contribution in [0.4, 0.5) is 17.5 Å². The van der Waals surface area contributed by atoms with Gasteiger partial charge in [-0.25, -0.2) is 9.97 Å². The van der Waals surface area contributed by atoms with Crippen molar-refractivity contribution in [3.63, 3.8) is 0 Å². The summed E-state index contributed by atoms with van der Waals surface area (Å²) in [6.45, 7) is 4.17. The quantitative estimate of drug-likeness (QED) is 0.593. The first kappa shape index (κ1) is 19.1. The van der Waals surface area contributed by atoms with Crippen molar-refractivity contribution in [2.75, 3.05) is 30.8 Å². The van der Waals surface area contributed by atoms with Crippen LogP contribution in [0.25, 0.3) is 12.2 Å². The van der Waals surface area contributed by atoms with Crippen LogP contribution in [0.2, 0.25) is 0 Å². The van der Waals surface area contributed by atoms with Crippen LogP contribution in [-0.2, 0) is 0 Å². The fourth-order valence-corrected chi connectivity index (χ4v) is 3.39. The molecule has 0 amide bonds. The zero-order chi connectivity index (χ0) is 20.1. The van der Waals surface area contributed by atoms with E-state index >= 15 is 0 Å². The Hall–Kier alpha value is -3.19. The minimum Gasteiger partial charge on any atom is -0.367 e.